The van der Waals surface area contributed by atoms with Gasteiger partial charge in [0, 0.05) is 19.3 Å². The summed E-state index contributed by atoms with van der Waals surface area (Å²) in [6, 6.07) is 13.9. The van der Waals surface area contributed by atoms with E-state index < -0.39 is 6.10 Å². The molecule has 0 unspecified atom stereocenters. The zero-order valence-corrected chi connectivity index (χ0v) is 12.1. The minimum Gasteiger partial charge on any atom is -0.458 e. The van der Waals surface area contributed by atoms with Gasteiger partial charge in [0.25, 0.3) is 0 Å². The van der Waals surface area contributed by atoms with E-state index >= 15 is 0 Å². The summed E-state index contributed by atoms with van der Waals surface area (Å²) in [6.07, 6.45) is 1.27. The van der Waals surface area contributed by atoms with E-state index in [9.17, 15) is 5.11 Å². The molecule has 0 aliphatic carbocycles. The van der Waals surface area contributed by atoms with Crippen molar-refractivity contribution in [3.05, 3.63) is 65.5 Å². The summed E-state index contributed by atoms with van der Waals surface area (Å²) in [5.74, 6) is 1.67. The van der Waals surface area contributed by atoms with Gasteiger partial charge in [-0.05, 0) is 29.3 Å². The predicted octanol–water partition coefficient (Wildman–Crippen LogP) is 2.72. The van der Waals surface area contributed by atoms with Crippen LogP contribution in [0.25, 0.3) is 11.5 Å². The van der Waals surface area contributed by atoms with E-state index in [0.717, 1.165) is 29.3 Å². The molecule has 0 saturated heterocycles. The number of aromatic nitrogens is 2. The van der Waals surface area contributed by atoms with Gasteiger partial charge in [0.05, 0.1) is 12.6 Å². The van der Waals surface area contributed by atoms with Gasteiger partial charge in [-0.25, -0.2) is 0 Å². The van der Waals surface area contributed by atoms with Crippen molar-refractivity contribution < 1.29 is 9.52 Å². The number of hydrogen-bond acceptors (Lipinski definition) is 4. The lowest BCUT2D eigenvalue weighted by molar-refractivity contribution is 0.0842. The maximum Gasteiger partial charge on any atom is 0.152 e. The molecule has 2 aromatic heterocycles. The van der Waals surface area contributed by atoms with Gasteiger partial charge in [-0.1, -0.05) is 24.3 Å². The second-order valence-corrected chi connectivity index (χ2v) is 5.62. The molecular weight excluding hydrogens is 278 g/mol. The first kappa shape index (κ1) is 13.3. The number of furan rings is 1. The van der Waals surface area contributed by atoms with Crippen molar-refractivity contribution >= 4 is 0 Å². The second-order valence-electron chi connectivity index (χ2n) is 5.62. The van der Waals surface area contributed by atoms with Gasteiger partial charge in [0.1, 0.15) is 11.5 Å². The van der Waals surface area contributed by atoms with Crippen LogP contribution in [-0.2, 0) is 13.1 Å². The molecule has 1 aromatic carbocycles. The number of β-amino-alcohol motifs (C(OH)–C–C–N with tert-alkyl or cyclic N) is 1. The number of benzene rings is 1. The molecule has 2 N–H and O–H groups in total. The molecule has 5 heteroatoms. The predicted molar refractivity (Wildman–Crippen MR) is 81.8 cm³/mol. The van der Waals surface area contributed by atoms with E-state index in [1.807, 2.05) is 36.4 Å². The standard InChI is InChI=1S/C17H17N3O2/c21-16-11-20(9-12-3-1-2-4-14(12)16)10-13-5-6-17(22-13)15-7-8-18-19-15/h1-8,16,21H,9-11H2,(H,18,19)/t16-/m0/s1. The molecular formula is C17H17N3O2. The number of fused-ring (bicyclic) bond motifs is 1. The van der Waals surface area contributed by atoms with E-state index in [0.29, 0.717) is 13.1 Å². The first-order valence-electron chi connectivity index (χ1n) is 7.36. The van der Waals surface area contributed by atoms with Crippen LogP contribution in [0.5, 0.6) is 0 Å². The van der Waals surface area contributed by atoms with E-state index in [1.54, 1.807) is 6.20 Å². The van der Waals surface area contributed by atoms with Crippen molar-refractivity contribution in [2.24, 2.45) is 0 Å². The van der Waals surface area contributed by atoms with Crippen LogP contribution in [0.1, 0.15) is 23.0 Å². The highest BCUT2D eigenvalue weighted by Crippen LogP contribution is 2.28. The van der Waals surface area contributed by atoms with E-state index in [4.69, 9.17) is 4.42 Å². The van der Waals surface area contributed by atoms with Crippen LogP contribution in [0.2, 0.25) is 0 Å². The fourth-order valence-corrected chi connectivity index (χ4v) is 2.99. The highest BCUT2D eigenvalue weighted by atomic mass is 16.3. The third kappa shape index (κ3) is 2.45. The van der Waals surface area contributed by atoms with Crippen LogP contribution >= 0.6 is 0 Å². The van der Waals surface area contributed by atoms with Crippen LogP contribution in [0.4, 0.5) is 0 Å². The summed E-state index contributed by atoms with van der Waals surface area (Å²) in [7, 11) is 0. The van der Waals surface area contributed by atoms with Crippen molar-refractivity contribution in [2.45, 2.75) is 19.2 Å². The molecule has 3 heterocycles. The van der Waals surface area contributed by atoms with Crippen LogP contribution in [0, 0.1) is 0 Å². The zero-order valence-electron chi connectivity index (χ0n) is 12.1. The number of rotatable bonds is 3. The fraction of sp³-hybridized carbons (Fsp3) is 0.235. The quantitative estimate of drug-likeness (QED) is 0.780. The summed E-state index contributed by atoms with van der Waals surface area (Å²) in [4.78, 5) is 2.20. The first-order chi connectivity index (χ1) is 10.8. The van der Waals surface area contributed by atoms with E-state index in [-0.39, 0.29) is 0 Å². The summed E-state index contributed by atoms with van der Waals surface area (Å²) in [6.45, 7) is 2.13. The Morgan fingerprint density at radius 1 is 1.23 bits per heavy atom. The maximum atomic E-state index is 10.3. The molecule has 112 valence electrons. The molecule has 1 atom stereocenters. The Morgan fingerprint density at radius 3 is 3.00 bits per heavy atom. The number of nitrogens with one attached hydrogen (secondary N) is 1. The van der Waals surface area contributed by atoms with Gasteiger partial charge < -0.3 is 9.52 Å². The third-order valence-electron chi connectivity index (χ3n) is 4.05. The lowest BCUT2D eigenvalue weighted by atomic mass is 9.97. The molecule has 4 rings (SSSR count). The largest absolute Gasteiger partial charge is 0.458 e. The molecule has 0 radical (unpaired) electrons. The molecule has 1 aliphatic rings. The average molecular weight is 295 g/mol. The van der Waals surface area contributed by atoms with Crippen LogP contribution in [0.15, 0.2) is 53.1 Å². The first-order valence-corrected chi connectivity index (χ1v) is 7.36. The van der Waals surface area contributed by atoms with Crippen molar-refractivity contribution in [3.8, 4) is 11.5 Å². The van der Waals surface area contributed by atoms with Crippen molar-refractivity contribution in [1.29, 1.82) is 0 Å². The normalized spacial score (nSPS) is 18.3. The van der Waals surface area contributed by atoms with Gasteiger partial charge >= 0.3 is 0 Å². The van der Waals surface area contributed by atoms with Crippen LogP contribution in [-0.4, -0.2) is 26.7 Å². The molecule has 0 spiro atoms. The average Bonchev–Trinajstić information content (AvgIpc) is 3.18. The lowest BCUT2D eigenvalue weighted by Gasteiger charge is -2.31. The molecule has 0 saturated carbocycles. The Morgan fingerprint density at radius 2 is 2.14 bits per heavy atom. The number of nitrogens with zero attached hydrogens (tertiary/aromatic N) is 2. The minimum absolute atomic E-state index is 0.438. The van der Waals surface area contributed by atoms with Crippen LogP contribution < -0.4 is 0 Å². The minimum atomic E-state index is -0.438. The summed E-state index contributed by atoms with van der Waals surface area (Å²) in [5.41, 5.74) is 3.09. The van der Waals surface area contributed by atoms with Gasteiger partial charge in [0.2, 0.25) is 0 Å². The molecule has 1 aliphatic heterocycles. The van der Waals surface area contributed by atoms with Crippen molar-refractivity contribution in [3.63, 3.8) is 0 Å². The van der Waals surface area contributed by atoms with E-state index in [2.05, 4.69) is 21.2 Å². The zero-order chi connectivity index (χ0) is 14.9. The Kier molecular flexibility index (Phi) is 3.29. The fourth-order valence-electron chi connectivity index (χ4n) is 2.99. The lowest BCUT2D eigenvalue weighted by Crippen LogP contribution is -2.32. The second kappa shape index (κ2) is 5.44. The van der Waals surface area contributed by atoms with E-state index in [1.165, 1.54) is 5.56 Å². The SMILES string of the molecule is O[C@H]1CN(Cc2ccc(-c3ccn[nH]3)o2)Cc2ccccc21. The number of H-pyrrole nitrogens is 1. The Balaban J connectivity index is 1.51. The van der Waals surface area contributed by atoms with Crippen molar-refractivity contribution in [2.75, 3.05) is 6.54 Å². The van der Waals surface area contributed by atoms with Crippen molar-refractivity contribution in [1.82, 2.24) is 15.1 Å². The third-order valence-corrected chi connectivity index (χ3v) is 4.05. The number of hydrogen-bond donors (Lipinski definition) is 2. The van der Waals surface area contributed by atoms with Gasteiger partial charge in [0.15, 0.2) is 5.76 Å². The maximum absolute atomic E-state index is 10.3. The Labute approximate surface area is 128 Å². The monoisotopic (exact) mass is 295 g/mol. The molecule has 22 heavy (non-hydrogen) atoms. The van der Waals surface area contributed by atoms with Gasteiger partial charge in [-0.2, -0.15) is 5.10 Å². The molecule has 0 fully saturated rings. The topological polar surface area (TPSA) is 65.3 Å². The van der Waals surface area contributed by atoms with Gasteiger partial charge in [-0.3, -0.25) is 10.00 Å². The Bertz CT molecular complexity index is 764. The molecule has 0 bridgehead atoms. The number of aromatic amines is 1. The number of aliphatic hydroxyl groups is 1. The summed E-state index contributed by atoms with van der Waals surface area (Å²) in [5, 5.41) is 17.1. The Hall–Kier alpha value is -2.37. The molecule has 3 aromatic rings. The molecule has 0 amide bonds. The highest BCUT2D eigenvalue weighted by Gasteiger charge is 2.23. The summed E-state index contributed by atoms with van der Waals surface area (Å²) >= 11 is 0. The van der Waals surface area contributed by atoms with Gasteiger partial charge in [-0.15, -0.1) is 0 Å². The van der Waals surface area contributed by atoms with Crippen LogP contribution in [0.3, 0.4) is 0 Å². The smallest absolute Gasteiger partial charge is 0.152 e. The highest BCUT2D eigenvalue weighted by molar-refractivity contribution is 5.51. The molecule has 5 nitrogen and oxygen atoms in total. The number of aliphatic hydroxyl groups excluding tert-OH is 1. The summed E-state index contributed by atoms with van der Waals surface area (Å²) < 4.78 is 5.86.